The number of likely N-dealkylation sites (N-methyl/N-ethyl adjacent to an activating group) is 1. The van der Waals surface area contributed by atoms with E-state index in [1.807, 2.05) is 18.9 Å². The fourth-order valence-electron chi connectivity index (χ4n) is 2.41. The zero-order valence-electron chi connectivity index (χ0n) is 11.7. The first-order chi connectivity index (χ1) is 8.54. The van der Waals surface area contributed by atoms with Crippen LogP contribution >= 0.6 is 0 Å². The van der Waals surface area contributed by atoms with Crippen molar-refractivity contribution in [3.63, 3.8) is 0 Å². The molecule has 5 heteroatoms. The second kappa shape index (κ2) is 7.36. The summed E-state index contributed by atoms with van der Waals surface area (Å²) in [6.45, 7) is 2.77. The number of urea groups is 1. The number of hydrogen-bond acceptors (Lipinski definition) is 3. The molecule has 0 aromatic heterocycles. The van der Waals surface area contributed by atoms with E-state index >= 15 is 0 Å². The molecule has 2 N–H and O–H groups in total. The van der Waals surface area contributed by atoms with E-state index in [9.17, 15) is 9.59 Å². The van der Waals surface area contributed by atoms with Gasteiger partial charge in [0.1, 0.15) is 0 Å². The van der Waals surface area contributed by atoms with Gasteiger partial charge < -0.3 is 5.32 Å². The minimum Gasteiger partial charge on any atom is -0.341 e. The quantitative estimate of drug-likeness (QED) is 0.797. The number of carbonyl (C=O) groups is 2. The molecule has 0 saturated heterocycles. The molecule has 0 aromatic rings. The lowest BCUT2D eigenvalue weighted by Crippen LogP contribution is -2.48. The average molecular weight is 255 g/mol. The molecule has 1 aliphatic carbocycles. The lowest BCUT2D eigenvalue weighted by Gasteiger charge is -2.30. The SMILES string of the molecule is CNC(=O)NC(=O)C(C)N(C)CC1CCCCC1. The molecule has 0 aliphatic heterocycles. The summed E-state index contributed by atoms with van der Waals surface area (Å²) in [6.07, 6.45) is 6.46. The molecule has 1 atom stereocenters. The van der Waals surface area contributed by atoms with Crippen LogP contribution in [-0.2, 0) is 4.79 Å². The van der Waals surface area contributed by atoms with Crippen LogP contribution in [0.25, 0.3) is 0 Å². The van der Waals surface area contributed by atoms with Crippen LogP contribution in [0.5, 0.6) is 0 Å². The molecule has 0 aromatic carbocycles. The zero-order valence-corrected chi connectivity index (χ0v) is 11.7. The van der Waals surface area contributed by atoms with E-state index in [0.717, 1.165) is 6.54 Å². The highest BCUT2D eigenvalue weighted by molar-refractivity contribution is 5.96. The first kappa shape index (κ1) is 15.0. The van der Waals surface area contributed by atoms with Crippen molar-refractivity contribution >= 4 is 11.9 Å². The highest BCUT2D eigenvalue weighted by Crippen LogP contribution is 2.24. The normalized spacial score (nSPS) is 18.4. The Labute approximate surface area is 109 Å². The van der Waals surface area contributed by atoms with E-state index in [-0.39, 0.29) is 11.9 Å². The molecule has 1 fully saturated rings. The summed E-state index contributed by atoms with van der Waals surface area (Å²) in [5.41, 5.74) is 0. The fourth-order valence-corrected chi connectivity index (χ4v) is 2.41. The van der Waals surface area contributed by atoms with Crippen LogP contribution in [-0.4, -0.2) is 43.5 Å². The van der Waals surface area contributed by atoms with Gasteiger partial charge in [-0.25, -0.2) is 4.79 Å². The lowest BCUT2D eigenvalue weighted by atomic mass is 9.89. The van der Waals surface area contributed by atoms with Gasteiger partial charge >= 0.3 is 6.03 Å². The van der Waals surface area contributed by atoms with E-state index in [2.05, 4.69) is 10.6 Å². The Morgan fingerprint density at radius 1 is 1.28 bits per heavy atom. The predicted octanol–water partition coefficient (Wildman–Crippen LogP) is 1.34. The summed E-state index contributed by atoms with van der Waals surface area (Å²) >= 11 is 0. The van der Waals surface area contributed by atoms with Crippen LogP contribution in [0.15, 0.2) is 0 Å². The van der Waals surface area contributed by atoms with Gasteiger partial charge in [0.2, 0.25) is 5.91 Å². The molecule has 1 rings (SSSR count). The van der Waals surface area contributed by atoms with Crippen LogP contribution in [0.2, 0.25) is 0 Å². The van der Waals surface area contributed by atoms with E-state index < -0.39 is 6.03 Å². The lowest BCUT2D eigenvalue weighted by molar-refractivity contribution is -0.124. The zero-order chi connectivity index (χ0) is 13.5. The number of imide groups is 1. The van der Waals surface area contributed by atoms with E-state index in [1.54, 1.807) is 0 Å². The molecule has 5 nitrogen and oxygen atoms in total. The summed E-state index contributed by atoms with van der Waals surface area (Å²) in [4.78, 5) is 24.9. The molecule has 0 bridgehead atoms. The fraction of sp³-hybridized carbons (Fsp3) is 0.846. The van der Waals surface area contributed by atoms with Crippen LogP contribution in [0.4, 0.5) is 4.79 Å². The summed E-state index contributed by atoms with van der Waals surface area (Å²) in [5, 5.41) is 4.70. The Balaban J connectivity index is 2.37. The smallest absolute Gasteiger partial charge is 0.321 e. The average Bonchev–Trinajstić information content (AvgIpc) is 2.38. The Morgan fingerprint density at radius 2 is 1.89 bits per heavy atom. The van der Waals surface area contributed by atoms with Crippen molar-refractivity contribution in [2.24, 2.45) is 5.92 Å². The van der Waals surface area contributed by atoms with Crippen molar-refractivity contribution in [3.8, 4) is 0 Å². The number of rotatable bonds is 4. The third kappa shape index (κ3) is 4.64. The molecule has 104 valence electrons. The first-order valence-corrected chi connectivity index (χ1v) is 6.77. The van der Waals surface area contributed by atoms with Gasteiger partial charge in [-0.1, -0.05) is 19.3 Å². The van der Waals surface area contributed by atoms with E-state index in [4.69, 9.17) is 0 Å². The first-order valence-electron chi connectivity index (χ1n) is 6.77. The summed E-state index contributed by atoms with van der Waals surface area (Å²) in [6, 6.07) is -0.720. The third-order valence-corrected chi connectivity index (χ3v) is 3.78. The van der Waals surface area contributed by atoms with Crippen molar-refractivity contribution in [2.45, 2.75) is 45.1 Å². The van der Waals surface area contributed by atoms with Gasteiger partial charge in [0, 0.05) is 13.6 Å². The largest absolute Gasteiger partial charge is 0.341 e. The monoisotopic (exact) mass is 255 g/mol. The van der Waals surface area contributed by atoms with Gasteiger partial charge in [-0.15, -0.1) is 0 Å². The van der Waals surface area contributed by atoms with Crippen molar-refractivity contribution in [3.05, 3.63) is 0 Å². The second-order valence-corrected chi connectivity index (χ2v) is 5.19. The van der Waals surface area contributed by atoms with Crippen LogP contribution in [0.1, 0.15) is 39.0 Å². The molecular formula is C13H25N3O2. The molecule has 0 radical (unpaired) electrons. The third-order valence-electron chi connectivity index (χ3n) is 3.78. The Morgan fingerprint density at radius 3 is 2.44 bits per heavy atom. The van der Waals surface area contributed by atoms with Crippen LogP contribution in [0, 0.1) is 5.92 Å². The number of hydrogen-bond donors (Lipinski definition) is 2. The van der Waals surface area contributed by atoms with Crippen LogP contribution in [0.3, 0.4) is 0 Å². The summed E-state index contributed by atoms with van der Waals surface area (Å²) in [7, 11) is 3.45. The van der Waals surface area contributed by atoms with Crippen molar-refractivity contribution in [1.29, 1.82) is 0 Å². The Bertz CT molecular complexity index is 288. The maximum atomic E-state index is 11.8. The predicted molar refractivity (Wildman–Crippen MR) is 71.3 cm³/mol. The maximum Gasteiger partial charge on any atom is 0.321 e. The standard InChI is InChI=1S/C13H25N3O2/c1-10(12(17)15-13(18)14-2)16(3)9-11-7-5-4-6-8-11/h10-11H,4-9H2,1-3H3,(H2,14,15,17,18). The minimum absolute atomic E-state index is 0.243. The van der Waals surface area contributed by atoms with Crippen LogP contribution < -0.4 is 10.6 Å². The van der Waals surface area contributed by atoms with Gasteiger partial charge in [-0.05, 0) is 32.7 Å². The summed E-state index contributed by atoms with van der Waals surface area (Å²) < 4.78 is 0. The number of nitrogens with one attached hydrogen (secondary N) is 2. The van der Waals surface area contributed by atoms with Gasteiger partial charge in [0.15, 0.2) is 0 Å². The maximum absolute atomic E-state index is 11.8. The number of nitrogens with zero attached hydrogens (tertiary/aromatic N) is 1. The van der Waals surface area contributed by atoms with Crippen molar-refractivity contribution in [1.82, 2.24) is 15.5 Å². The van der Waals surface area contributed by atoms with Gasteiger partial charge in [0.25, 0.3) is 0 Å². The molecule has 0 spiro atoms. The highest BCUT2D eigenvalue weighted by Gasteiger charge is 2.23. The summed E-state index contributed by atoms with van der Waals surface area (Å²) in [5.74, 6) is 0.451. The van der Waals surface area contributed by atoms with E-state index in [0.29, 0.717) is 5.92 Å². The van der Waals surface area contributed by atoms with Crippen molar-refractivity contribution < 1.29 is 9.59 Å². The number of amides is 3. The minimum atomic E-state index is -0.446. The molecule has 1 aliphatic rings. The van der Waals surface area contributed by atoms with Gasteiger partial charge in [-0.2, -0.15) is 0 Å². The van der Waals surface area contributed by atoms with Crippen molar-refractivity contribution in [2.75, 3.05) is 20.6 Å². The Hall–Kier alpha value is -1.10. The molecule has 1 saturated carbocycles. The van der Waals surface area contributed by atoms with E-state index in [1.165, 1.54) is 39.2 Å². The van der Waals surface area contributed by atoms with Gasteiger partial charge in [-0.3, -0.25) is 15.0 Å². The number of carbonyl (C=O) groups excluding carboxylic acids is 2. The highest BCUT2D eigenvalue weighted by atomic mass is 16.2. The van der Waals surface area contributed by atoms with Gasteiger partial charge in [0.05, 0.1) is 6.04 Å². The molecule has 3 amide bonds. The second-order valence-electron chi connectivity index (χ2n) is 5.19. The molecule has 0 heterocycles. The molecule has 1 unspecified atom stereocenters. The molecule has 18 heavy (non-hydrogen) atoms. The molecular weight excluding hydrogens is 230 g/mol. The topological polar surface area (TPSA) is 61.4 Å². The Kier molecular flexibility index (Phi) is 6.12.